The number of amides is 1. The first kappa shape index (κ1) is 21.8. The van der Waals surface area contributed by atoms with Gasteiger partial charge in [-0.1, -0.05) is 12.1 Å². The Morgan fingerprint density at radius 2 is 1.69 bits per heavy atom. The summed E-state index contributed by atoms with van der Waals surface area (Å²) in [6.45, 7) is 7.77. The summed E-state index contributed by atoms with van der Waals surface area (Å²) in [6.07, 6.45) is 0.0244. The second-order valence-electron chi connectivity index (χ2n) is 8.22. The molecular formula is C26H25NO4S. The van der Waals surface area contributed by atoms with Crippen molar-refractivity contribution < 1.29 is 19.4 Å². The van der Waals surface area contributed by atoms with Gasteiger partial charge >= 0.3 is 0 Å². The quantitative estimate of drug-likeness (QED) is 0.306. The smallest absolute Gasteiger partial charge is 0.300 e. The van der Waals surface area contributed by atoms with E-state index in [9.17, 15) is 14.7 Å². The Morgan fingerprint density at radius 1 is 1.03 bits per heavy atom. The highest BCUT2D eigenvalue weighted by Gasteiger charge is 2.47. The van der Waals surface area contributed by atoms with Crippen LogP contribution in [0.1, 0.15) is 41.5 Å². The van der Waals surface area contributed by atoms with E-state index in [0.717, 1.165) is 16.0 Å². The second-order valence-corrected chi connectivity index (χ2v) is 9.20. The molecule has 6 heteroatoms. The van der Waals surface area contributed by atoms with Gasteiger partial charge in [-0.15, -0.1) is 11.3 Å². The van der Waals surface area contributed by atoms with Crippen LogP contribution in [-0.2, 0) is 9.59 Å². The van der Waals surface area contributed by atoms with Crippen LogP contribution in [0.25, 0.3) is 5.76 Å². The molecule has 1 fully saturated rings. The minimum atomic E-state index is -0.692. The van der Waals surface area contributed by atoms with Crippen LogP contribution >= 0.6 is 11.3 Å². The topological polar surface area (TPSA) is 66.8 Å². The maximum atomic E-state index is 13.2. The fourth-order valence-corrected chi connectivity index (χ4v) is 4.85. The summed E-state index contributed by atoms with van der Waals surface area (Å²) in [7, 11) is 0. The number of hydrogen-bond donors (Lipinski definition) is 1. The molecule has 0 radical (unpaired) electrons. The molecule has 0 spiro atoms. The molecule has 0 bridgehead atoms. The molecule has 1 amide bonds. The van der Waals surface area contributed by atoms with Gasteiger partial charge in [0.25, 0.3) is 11.7 Å². The van der Waals surface area contributed by atoms with Gasteiger partial charge in [-0.25, -0.2) is 0 Å². The van der Waals surface area contributed by atoms with Crippen LogP contribution in [0.2, 0.25) is 0 Å². The molecule has 1 saturated heterocycles. The molecular weight excluding hydrogens is 422 g/mol. The summed E-state index contributed by atoms with van der Waals surface area (Å²) in [4.78, 5) is 28.6. The number of ether oxygens (including phenoxy) is 1. The second kappa shape index (κ2) is 8.63. The van der Waals surface area contributed by atoms with E-state index in [-0.39, 0.29) is 17.4 Å². The number of rotatable bonds is 5. The van der Waals surface area contributed by atoms with Crippen molar-refractivity contribution in [1.82, 2.24) is 0 Å². The largest absolute Gasteiger partial charge is 0.507 e. The van der Waals surface area contributed by atoms with Gasteiger partial charge in [-0.2, -0.15) is 0 Å². The summed E-state index contributed by atoms with van der Waals surface area (Å²) in [6, 6.07) is 15.7. The number of carbonyl (C=O) groups excluding carboxylic acids is 2. The Hall–Kier alpha value is -3.38. The van der Waals surface area contributed by atoms with Gasteiger partial charge in [0.2, 0.25) is 0 Å². The molecule has 1 unspecified atom stereocenters. The van der Waals surface area contributed by atoms with E-state index in [1.54, 1.807) is 24.3 Å². The van der Waals surface area contributed by atoms with Gasteiger partial charge in [0.1, 0.15) is 17.6 Å². The van der Waals surface area contributed by atoms with E-state index in [4.69, 9.17) is 4.74 Å². The number of carbonyl (C=O) groups is 2. The summed E-state index contributed by atoms with van der Waals surface area (Å²) in [5.41, 5.74) is 3.18. The van der Waals surface area contributed by atoms with Crippen molar-refractivity contribution in [2.45, 2.75) is 39.8 Å². The molecule has 2 heterocycles. The zero-order valence-corrected chi connectivity index (χ0v) is 19.3. The Kier molecular flexibility index (Phi) is 5.89. The Balaban J connectivity index is 1.85. The summed E-state index contributed by atoms with van der Waals surface area (Å²) in [5, 5.41) is 13.1. The van der Waals surface area contributed by atoms with Crippen LogP contribution < -0.4 is 9.64 Å². The van der Waals surface area contributed by atoms with E-state index in [0.29, 0.717) is 17.0 Å². The van der Waals surface area contributed by atoms with Gasteiger partial charge in [0.05, 0.1) is 11.7 Å². The first-order chi connectivity index (χ1) is 15.3. The zero-order chi connectivity index (χ0) is 23.0. The molecule has 1 aromatic heterocycles. The standard InChI is InChI=1S/C26H25NO4S/c1-15(2)31-20-9-7-18(8-10-20)24(28)22-23(21-6-5-11-32-21)27(26(30)25(22)29)19-13-16(3)12-17(4)14-19/h5-15,23,28H,1-4H3/b24-22-. The van der Waals surface area contributed by atoms with Crippen molar-refractivity contribution >= 4 is 34.5 Å². The van der Waals surface area contributed by atoms with Gasteiger partial charge in [0.15, 0.2) is 0 Å². The Morgan fingerprint density at radius 3 is 2.25 bits per heavy atom. The van der Waals surface area contributed by atoms with E-state index in [1.807, 2.05) is 63.4 Å². The third-order valence-corrected chi connectivity index (χ3v) is 6.17. The fraction of sp³-hybridized carbons (Fsp3) is 0.231. The maximum absolute atomic E-state index is 13.2. The molecule has 0 aliphatic carbocycles. The lowest BCUT2D eigenvalue weighted by Gasteiger charge is -2.25. The number of ketones is 1. The number of nitrogens with zero attached hydrogens (tertiary/aromatic N) is 1. The number of thiophene rings is 1. The van der Waals surface area contributed by atoms with Gasteiger partial charge in [0, 0.05) is 16.1 Å². The van der Waals surface area contributed by atoms with Crippen LogP contribution in [0.15, 0.2) is 65.6 Å². The van der Waals surface area contributed by atoms with Crippen molar-refractivity contribution in [3.05, 3.63) is 87.1 Å². The van der Waals surface area contributed by atoms with Crippen molar-refractivity contribution in [1.29, 1.82) is 0 Å². The lowest BCUT2D eigenvalue weighted by atomic mass is 9.99. The first-order valence-electron chi connectivity index (χ1n) is 10.5. The zero-order valence-electron chi connectivity index (χ0n) is 18.5. The van der Waals surface area contributed by atoms with Crippen LogP contribution in [0.3, 0.4) is 0 Å². The average Bonchev–Trinajstić information content (AvgIpc) is 3.34. The normalized spacial score (nSPS) is 17.9. The Labute approximate surface area is 191 Å². The summed E-state index contributed by atoms with van der Waals surface area (Å²) in [5.74, 6) is -0.857. The molecule has 1 N–H and O–H groups in total. The fourth-order valence-electron chi connectivity index (χ4n) is 4.02. The highest BCUT2D eigenvalue weighted by molar-refractivity contribution is 7.10. The van der Waals surface area contributed by atoms with Gasteiger partial charge in [-0.05, 0) is 86.7 Å². The Bertz CT molecular complexity index is 1170. The molecule has 0 saturated carbocycles. The molecule has 2 aromatic carbocycles. The van der Waals surface area contributed by atoms with Crippen molar-refractivity contribution in [3.63, 3.8) is 0 Å². The van der Waals surface area contributed by atoms with Crippen LogP contribution in [0.4, 0.5) is 5.69 Å². The number of Topliss-reactive ketones (excluding diaryl/α,β-unsaturated/α-hetero) is 1. The van der Waals surface area contributed by atoms with Gasteiger partial charge in [-0.3, -0.25) is 14.5 Å². The number of aliphatic hydroxyl groups excluding tert-OH is 1. The van der Waals surface area contributed by atoms with Crippen LogP contribution in [-0.4, -0.2) is 22.9 Å². The summed E-state index contributed by atoms with van der Waals surface area (Å²) < 4.78 is 5.66. The number of aryl methyl sites for hydroxylation is 2. The minimum absolute atomic E-state index is 0.0244. The predicted molar refractivity (Wildman–Crippen MR) is 127 cm³/mol. The average molecular weight is 448 g/mol. The van der Waals surface area contributed by atoms with Crippen molar-refractivity contribution in [2.75, 3.05) is 4.90 Å². The molecule has 4 rings (SSSR count). The first-order valence-corrected chi connectivity index (χ1v) is 11.3. The van der Waals surface area contributed by atoms with Crippen molar-refractivity contribution in [2.24, 2.45) is 0 Å². The van der Waals surface area contributed by atoms with Crippen LogP contribution in [0, 0.1) is 13.8 Å². The molecule has 1 aliphatic heterocycles. The highest BCUT2D eigenvalue weighted by Crippen LogP contribution is 2.44. The predicted octanol–water partition coefficient (Wildman–Crippen LogP) is 5.78. The maximum Gasteiger partial charge on any atom is 0.300 e. The molecule has 164 valence electrons. The molecule has 1 atom stereocenters. The number of hydrogen-bond acceptors (Lipinski definition) is 5. The monoisotopic (exact) mass is 447 g/mol. The van der Waals surface area contributed by atoms with E-state index in [1.165, 1.54) is 16.2 Å². The number of aliphatic hydroxyl groups is 1. The lowest BCUT2D eigenvalue weighted by Crippen LogP contribution is -2.29. The third kappa shape index (κ3) is 4.06. The minimum Gasteiger partial charge on any atom is -0.507 e. The van der Waals surface area contributed by atoms with Crippen molar-refractivity contribution in [3.8, 4) is 5.75 Å². The highest BCUT2D eigenvalue weighted by atomic mass is 32.1. The lowest BCUT2D eigenvalue weighted by molar-refractivity contribution is -0.132. The molecule has 5 nitrogen and oxygen atoms in total. The number of anilines is 1. The molecule has 3 aromatic rings. The molecule has 32 heavy (non-hydrogen) atoms. The van der Waals surface area contributed by atoms with E-state index < -0.39 is 17.7 Å². The third-order valence-electron chi connectivity index (χ3n) is 5.24. The van der Waals surface area contributed by atoms with Crippen LogP contribution in [0.5, 0.6) is 5.75 Å². The van der Waals surface area contributed by atoms with Gasteiger partial charge < -0.3 is 9.84 Å². The number of benzene rings is 2. The van der Waals surface area contributed by atoms with E-state index in [2.05, 4.69) is 0 Å². The summed E-state index contributed by atoms with van der Waals surface area (Å²) >= 11 is 1.45. The SMILES string of the molecule is Cc1cc(C)cc(N2C(=O)C(=O)/C(=C(\O)c3ccc(OC(C)C)cc3)C2c2cccs2)c1. The molecule has 1 aliphatic rings. The van der Waals surface area contributed by atoms with E-state index >= 15 is 0 Å².